The second-order valence-electron chi connectivity index (χ2n) is 10.1. The molecule has 206 valence electrons. The topological polar surface area (TPSA) is 123 Å². The number of benzene rings is 3. The minimum Gasteiger partial charge on any atom is -0.508 e. The van der Waals surface area contributed by atoms with Gasteiger partial charge >= 0.3 is 0 Å². The number of aromatic hydroxyl groups is 1. The van der Waals surface area contributed by atoms with Crippen molar-refractivity contribution in [3.05, 3.63) is 115 Å². The second kappa shape index (κ2) is 10.5. The van der Waals surface area contributed by atoms with Gasteiger partial charge in [-0.05, 0) is 59.2 Å². The predicted octanol–water partition coefficient (Wildman–Crippen LogP) is 6.65. The standard InChI is InChI=1S/C33H25FN6O2/c34-22-12-20(14-24(41)15-22)25-7-4-8-28-26(25)16-30(37-28)33-32-29(39-40-33)10-9-27(38-32)21-13-23(18-35-17-21)36-31(42)11-19-5-2-1-3-6-19/h1-10,12-18,31,36-37,41-42H,11H2,(H,39,40). The first-order valence-electron chi connectivity index (χ1n) is 13.4. The third-order valence-electron chi connectivity index (χ3n) is 7.16. The smallest absolute Gasteiger partial charge is 0.135 e. The molecule has 0 radical (unpaired) electrons. The van der Waals surface area contributed by atoms with Crippen LogP contribution in [0.3, 0.4) is 0 Å². The SMILES string of the molecule is Oc1cc(F)cc(-c2cccc3[nH]c(-c4n[nH]c5ccc(-c6cncc(NC(O)Cc7ccccc7)c6)nc45)cc23)c1. The summed E-state index contributed by atoms with van der Waals surface area (Å²) in [6.45, 7) is 0. The number of phenolic OH excluding ortho intramolecular Hbond substituents is 1. The molecule has 9 heteroatoms. The lowest BCUT2D eigenvalue weighted by Crippen LogP contribution is -2.21. The average molecular weight is 557 g/mol. The van der Waals surface area contributed by atoms with Gasteiger partial charge < -0.3 is 20.5 Å². The summed E-state index contributed by atoms with van der Waals surface area (Å²) < 4.78 is 14.1. The Morgan fingerprint density at radius 2 is 1.74 bits per heavy atom. The Morgan fingerprint density at radius 1 is 0.857 bits per heavy atom. The van der Waals surface area contributed by atoms with Crippen LogP contribution in [0.1, 0.15) is 5.56 Å². The first kappa shape index (κ1) is 25.4. The molecule has 7 rings (SSSR count). The normalized spacial score (nSPS) is 12.1. The Hall–Kier alpha value is -5.54. The largest absolute Gasteiger partial charge is 0.508 e. The van der Waals surface area contributed by atoms with Gasteiger partial charge in [0.1, 0.15) is 29.0 Å². The zero-order valence-electron chi connectivity index (χ0n) is 22.2. The van der Waals surface area contributed by atoms with Crippen LogP contribution in [0.2, 0.25) is 0 Å². The number of hydrogen-bond acceptors (Lipinski definition) is 6. The van der Waals surface area contributed by atoms with E-state index < -0.39 is 12.0 Å². The molecule has 4 heterocycles. The highest BCUT2D eigenvalue weighted by atomic mass is 19.1. The van der Waals surface area contributed by atoms with Crippen LogP contribution in [0.5, 0.6) is 5.75 Å². The van der Waals surface area contributed by atoms with Crippen molar-refractivity contribution in [3.8, 4) is 39.5 Å². The molecule has 1 atom stereocenters. The van der Waals surface area contributed by atoms with Gasteiger partial charge in [-0.1, -0.05) is 42.5 Å². The van der Waals surface area contributed by atoms with Gasteiger partial charge in [0.15, 0.2) is 0 Å². The number of hydrogen-bond donors (Lipinski definition) is 5. The highest BCUT2D eigenvalue weighted by Gasteiger charge is 2.16. The molecule has 4 aromatic heterocycles. The molecule has 0 aliphatic rings. The number of anilines is 1. The number of phenols is 1. The number of aliphatic hydroxyl groups excluding tert-OH is 1. The molecule has 5 N–H and O–H groups in total. The van der Waals surface area contributed by atoms with Gasteiger partial charge in [-0.3, -0.25) is 10.1 Å². The molecule has 7 aromatic rings. The van der Waals surface area contributed by atoms with Crippen LogP contribution in [0, 0.1) is 5.82 Å². The molecule has 1 unspecified atom stereocenters. The molecule has 0 aliphatic heterocycles. The Balaban J connectivity index is 1.21. The first-order chi connectivity index (χ1) is 20.5. The molecule has 8 nitrogen and oxygen atoms in total. The Kier molecular flexibility index (Phi) is 6.33. The molecule has 0 aliphatic carbocycles. The molecule has 42 heavy (non-hydrogen) atoms. The van der Waals surface area contributed by atoms with E-state index in [0.717, 1.165) is 44.9 Å². The summed E-state index contributed by atoms with van der Waals surface area (Å²) in [5.74, 6) is -0.639. The van der Waals surface area contributed by atoms with E-state index >= 15 is 0 Å². The van der Waals surface area contributed by atoms with Gasteiger partial charge in [-0.15, -0.1) is 0 Å². The summed E-state index contributed by atoms with van der Waals surface area (Å²) in [7, 11) is 0. The maximum absolute atomic E-state index is 14.1. The fourth-order valence-corrected chi connectivity index (χ4v) is 5.25. The van der Waals surface area contributed by atoms with Crippen molar-refractivity contribution in [2.45, 2.75) is 12.6 Å². The van der Waals surface area contributed by atoms with Gasteiger partial charge in [0.05, 0.1) is 28.8 Å². The third kappa shape index (κ3) is 4.93. The van der Waals surface area contributed by atoms with Crippen LogP contribution < -0.4 is 5.32 Å². The van der Waals surface area contributed by atoms with Gasteiger partial charge in [0, 0.05) is 35.2 Å². The number of H-pyrrole nitrogens is 2. The van der Waals surface area contributed by atoms with E-state index in [1.807, 2.05) is 72.8 Å². The van der Waals surface area contributed by atoms with Crippen LogP contribution in [-0.4, -0.2) is 41.6 Å². The lowest BCUT2D eigenvalue weighted by molar-refractivity contribution is 0.204. The predicted molar refractivity (Wildman–Crippen MR) is 161 cm³/mol. The van der Waals surface area contributed by atoms with Crippen molar-refractivity contribution < 1.29 is 14.6 Å². The van der Waals surface area contributed by atoms with E-state index in [2.05, 4.69) is 25.5 Å². The number of aliphatic hydroxyl groups is 1. The first-order valence-corrected chi connectivity index (χ1v) is 13.4. The number of nitrogens with one attached hydrogen (secondary N) is 3. The molecular weight excluding hydrogens is 531 g/mol. The molecule has 0 bridgehead atoms. The average Bonchev–Trinajstić information content (AvgIpc) is 3.61. The maximum Gasteiger partial charge on any atom is 0.135 e. The molecule has 0 spiro atoms. The number of halogens is 1. The van der Waals surface area contributed by atoms with E-state index in [1.165, 1.54) is 6.07 Å². The van der Waals surface area contributed by atoms with E-state index in [9.17, 15) is 14.6 Å². The van der Waals surface area contributed by atoms with Gasteiger partial charge in [0.25, 0.3) is 0 Å². The summed E-state index contributed by atoms with van der Waals surface area (Å²) in [6, 6.07) is 27.2. The Labute approximate surface area is 239 Å². The van der Waals surface area contributed by atoms with Crippen molar-refractivity contribution in [3.63, 3.8) is 0 Å². The van der Waals surface area contributed by atoms with Gasteiger partial charge in [-0.2, -0.15) is 5.10 Å². The monoisotopic (exact) mass is 556 g/mol. The van der Waals surface area contributed by atoms with E-state index in [-0.39, 0.29) is 5.75 Å². The fraction of sp³-hybridized carbons (Fsp3) is 0.0606. The Morgan fingerprint density at radius 3 is 2.60 bits per heavy atom. The van der Waals surface area contributed by atoms with Crippen molar-refractivity contribution in [2.75, 3.05) is 5.32 Å². The van der Waals surface area contributed by atoms with Gasteiger partial charge in [-0.25, -0.2) is 9.37 Å². The van der Waals surface area contributed by atoms with Crippen molar-refractivity contribution in [1.82, 2.24) is 25.1 Å². The molecule has 0 fully saturated rings. The van der Waals surface area contributed by atoms with Gasteiger partial charge in [0.2, 0.25) is 0 Å². The quantitative estimate of drug-likeness (QED) is 0.140. The summed E-state index contributed by atoms with van der Waals surface area (Å²) in [4.78, 5) is 12.7. The van der Waals surface area contributed by atoms with Crippen molar-refractivity contribution >= 4 is 27.6 Å². The lowest BCUT2D eigenvalue weighted by atomic mass is 10.0. The number of rotatable bonds is 7. The zero-order chi connectivity index (χ0) is 28.6. The third-order valence-corrected chi connectivity index (χ3v) is 7.16. The molecule has 3 aromatic carbocycles. The molecule has 0 amide bonds. The lowest BCUT2D eigenvalue weighted by Gasteiger charge is -2.14. The number of fused-ring (bicyclic) bond motifs is 2. The van der Waals surface area contributed by atoms with Crippen LogP contribution in [0.15, 0.2) is 103 Å². The highest BCUT2D eigenvalue weighted by Crippen LogP contribution is 2.35. The van der Waals surface area contributed by atoms with Crippen molar-refractivity contribution in [2.24, 2.45) is 0 Å². The summed E-state index contributed by atoms with van der Waals surface area (Å²) >= 11 is 0. The van der Waals surface area contributed by atoms with Crippen LogP contribution >= 0.6 is 0 Å². The molecular formula is C33H25FN6O2. The zero-order valence-corrected chi connectivity index (χ0v) is 22.2. The molecule has 0 saturated heterocycles. The Bertz CT molecular complexity index is 2030. The summed E-state index contributed by atoms with van der Waals surface area (Å²) in [5.41, 5.74) is 8.20. The minimum atomic E-state index is -0.774. The van der Waals surface area contributed by atoms with Crippen molar-refractivity contribution in [1.29, 1.82) is 0 Å². The van der Waals surface area contributed by atoms with E-state index in [0.29, 0.717) is 34.6 Å². The summed E-state index contributed by atoms with van der Waals surface area (Å²) in [6.07, 6.45) is 3.08. The number of pyridine rings is 2. The van der Waals surface area contributed by atoms with E-state index in [4.69, 9.17) is 4.98 Å². The summed E-state index contributed by atoms with van der Waals surface area (Å²) in [5, 5.41) is 32.1. The maximum atomic E-state index is 14.1. The highest BCUT2D eigenvalue weighted by molar-refractivity contribution is 6.00. The van der Waals surface area contributed by atoms with Crippen LogP contribution in [0.25, 0.3) is 55.7 Å². The van der Waals surface area contributed by atoms with E-state index in [1.54, 1.807) is 18.5 Å². The van der Waals surface area contributed by atoms with Crippen LogP contribution in [-0.2, 0) is 6.42 Å². The second-order valence-corrected chi connectivity index (χ2v) is 10.1. The van der Waals surface area contributed by atoms with Crippen LogP contribution in [0.4, 0.5) is 10.1 Å². The fourth-order valence-electron chi connectivity index (χ4n) is 5.25. The number of aromatic amines is 2. The number of nitrogens with zero attached hydrogens (tertiary/aromatic N) is 3. The molecule has 0 saturated carbocycles. The minimum absolute atomic E-state index is 0.132. The number of aromatic nitrogens is 5.